The molecule has 0 bridgehead atoms. The van der Waals surface area contributed by atoms with Gasteiger partial charge in [-0.25, -0.2) is 4.79 Å². The molecule has 2 aliphatic heterocycles. The normalized spacial score (nSPS) is 20.2. The van der Waals surface area contributed by atoms with Crippen molar-refractivity contribution >= 4 is 5.97 Å². The van der Waals surface area contributed by atoms with Gasteiger partial charge in [0.25, 0.3) is 5.56 Å². The predicted molar refractivity (Wildman–Crippen MR) is 120 cm³/mol. The fourth-order valence-corrected chi connectivity index (χ4v) is 4.34. The Morgan fingerprint density at radius 1 is 1.21 bits per heavy atom. The Morgan fingerprint density at radius 3 is 2.48 bits per heavy atom. The van der Waals surface area contributed by atoms with Crippen LogP contribution in [-0.4, -0.2) is 36.0 Å². The number of pyridine rings is 1. The van der Waals surface area contributed by atoms with E-state index < -0.39 is 22.9 Å². The molecule has 1 atom stereocenters. The highest BCUT2D eigenvalue weighted by Gasteiger charge is 2.50. The molecule has 2 aromatic rings. The van der Waals surface area contributed by atoms with E-state index in [2.05, 4.69) is 0 Å². The molecule has 0 amide bonds. The van der Waals surface area contributed by atoms with E-state index in [-0.39, 0.29) is 29.8 Å². The number of esters is 1. The van der Waals surface area contributed by atoms with E-state index >= 15 is 0 Å². The first-order valence-electron chi connectivity index (χ1n) is 11.2. The van der Waals surface area contributed by atoms with Crippen LogP contribution in [0.15, 0.2) is 41.2 Å². The SMILES string of the molecule is CC[C@](O)(C(=O)OC)c1cc2n(c(=O)c1OCc1ccccc1)CCC21OCC(C)(C)CO1. The van der Waals surface area contributed by atoms with Crippen molar-refractivity contribution in [2.24, 2.45) is 5.41 Å². The van der Waals surface area contributed by atoms with Crippen LogP contribution < -0.4 is 10.3 Å². The van der Waals surface area contributed by atoms with Gasteiger partial charge in [0.2, 0.25) is 5.79 Å². The summed E-state index contributed by atoms with van der Waals surface area (Å²) in [6, 6.07) is 11.0. The van der Waals surface area contributed by atoms with Crippen LogP contribution in [0.5, 0.6) is 5.75 Å². The molecule has 1 spiro atoms. The van der Waals surface area contributed by atoms with Crippen molar-refractivity contribution in [2.45, 2.75) is 58.2 Å². The minimum absolute atomic E-state index is 0.00793. The molecule has 33 heavy (non-hydrogen) atoms. The van der Waals surface area contributed by atoms with Crippen LogP contribution in [0.2, 0.25) is 0 Å². The molecule has 1 aromatic heterocycles. The van der Waals surface area contributed by atoms with E-state index in [4.69, 9.17) is 18.9 Å². The Kier molecular flexibility index (Phi) is 6.11. The zero-order valence-electron chi connectivity index (χ0n) is 19.6. The van der Waals surface area contributed by atoms with Crippen molar-refractivity contribution in [2.75, 3.05) is 20.3 Å². The van der Waals surface area contributed by atoms with Crippen LogP contribution in [0.1, 0.15) is 50.4 Å². The minimum atomic E-state index is -2.06. The Balaban J connectivity index is 1.83. The van der Waals surface area contributed by atoms with Crippen LogP contribution in [0.25, 0.3) is 0 Å². The summed E-state index contributed by atoms with van der Waals surface area (Å²) in [5.41, 5.74) is -1.28. The van der Waals surface area contributed by atoms with E-state index in [0.29, 0.717) is 31.9 Å². The highest BCUT2D eigenvalue weighted by molar-refractivity contribution is 5.82. The van der Waals surface area contributed by atoms with Crippen molar-refractivity contribution in [3.63, 3.8) is 0 Å². The number of nitrogens with zero attached hydrogens (tertiary/aromatic N) is 1. The Bertz CT molecular complexity index is 1080. The van der Waals surface area contributed by atoms with Gasteiger partial charge >= 0.3 is 5.97 Å². The molecule has 2 aliphatic rings. The molecule has 8 heteroatoms. The van der Waals surface area contributed by atoms with Crippen LogP contribution in [-0.2, 0) is 43.5 Å². The third-order valence-corrected chi connectivity index (χ3v) is 6.41. The van der Waals surface area contributed by atoms with Gasteiger partial charge in [-0.2, -0.15) is 0 Å². The van der Waals surface area contributed by atoms with Gasteiger partial charge in [-0.15, -0.1) is 0 Å². The lowest BCUT2D eigenvalue weighted by atomic mass is 9.89. The second-order valence-electron chi connectivity index (χ2n) is 9.45. The highest BCUT2D eigenvalue weighted by atomic mass is 16.7. The van der Waals surface area contributed by atoms with E-state index in [1.807, 2.05) is 44.2 Å². The second kappa shape index (κ2) is 8.59. The average molecular weight is 458 g/mol. The number of carbonyl (C=O) groups excluding carboxylic acids is 1. The number of ether oxygens (including phenoxy) is 4. The predicted octanol–water partition coefficient (Wildman–Crippen LogP) is 2.83. The van der Waals surface area contributed by atoms with Gasteiger partial charge in [0, 0.05) is 23.9 Å². The number of hydrogen-bond donors (Lipinski definition) is 1. The maximum Gasteiger partial charge on any atom is 0.342 e. The number of rotatable bonds is 6. The second-order valence-corrected chi connectivity index (χ2v) is 9.45. The smallest absolute Gasteiger partial charge is 0.342 e. The van der Waals surface area contributed by atoms with Crippen molar-refractivity contribution < 1.29 is 28.8 Å². The van der Waals surface area contributed by atoms with Crippen molar-refractivity contribution in [3.05, 3.63) is 63.6 Å². The molecular weight excluding hydrogens is 426 g/mol. The third-order valence-electron chi connectivity index (χ3n) is 6.41. The van der Waals surface area contributed by atoms with Crippen molar-refractivity contribution in [1.29, 1.82) is 0 Å². The van der Waals surface area contributed by atoms with Gasteiger partial charge in [0.05, 0.1) is 26.0 Å². The number of benzene rings is 1. The molecule has 1 fully saturated rings. The maximum absolute atomic E-state index is 13.6. The number of fused-ring (bicyclic) bond motifs is 2. The van der Waals surface area contributed by atoms with Gasteiger partial charge in [-0.3, -0.25) is 4.79 Å². The summed E-state index contributed by atoms with van der Waals surface area (Å²) in [7, 11) is 1.20. The van der Waals surface area contributed by atoms with Gasteiger partial charge in [-0.05, 0) is 18.1 Å². The van der Waals surface area contributed by atoms with Crippen LogP contribution in [0.3, 0.4) is 0 Å². The van der Waals surface area contributed by atoms with E-state index in [1.165, 1.54) is 7.11 Å². The summed E-state index contributed by atoms with van der Waals surface area (Å²) in [6.07, 6.45) is 0.439. The highest BCUT2D eigenvalue weighted by Crippen LogP contribution is 2.45. The lowest BCUT2D eigenvalue weighted by Crippen LogP contribution is -2.45. The summed E-state index contributed by atoms with van der Waals surface area (Å²) in [5.74, 6) is -2.05. The zero-order valence-corrected chi connectivity index (χ0v) is 19.6. The Hall–Kier alpha value is -2.68. The first-order chi connectivity index (χ1) is 15.7. The fraction of sp³-hybridized carbons (Fsp3) is 0.520. The molecule has 0 saturated carbocycles. The Labute approximate surface area is 193 Å². The molecule has 1 aromatic carbocycles. The maximum atomic E-state index is 13.6. The fourth-order valence-electron chi connectivity index (χ4n) is 4.34. The first-order valence-corrected chi connectivity index (χ1v) is 11.2. The molecule has 3 heterocycles. The molecule has 178 valence electrons. The number of hydrogen-bond acceptors (Lipinski definition) is 7. The van der Waals surface area contributed by atoms with Crippen LogP contribution in [0.4, 0.5) is 0 Å². The van der Waals surface area contributed by atoms with Gasteiger partial charge in [0.1, 0.15) is 6.61 Å². The topological polar surface area (TPSA) is 96.2 Å². The molecule has 1 N–H and O–H groups in total. The summed E-state index contributed by atoms with van der Waals surface area (Å²) in [6.45, 7) is 7.13. The number of aromatic nitrogens is 1. The summed E-state index contributed by atoms with van der Waals surface area (Å²) >= 11 is 0. The molecule has 0 aliphatic carbocycles. The van der Waals surface area contributed by atoms with Crippen molar-refractivity contribution in [1.82, 2.24) is 4.57 Å². The summed E-state index contributed by atoms with van der Waals surface area (Å²) < 4.78 is 24.7. The molecule has 0 radical (unpaired) electrons. The summed E-state index contributed by atoms with van der Waals surface area (Å²) in [5, 5.41) is 11.4. The zero-order chi connectivity index (χ0) is 23.9. The van der Waals surface area contributed by atoms with E-state index in [9.17, 15) is 14.7 Å². The van der Waals surface area contributed by atoms with E-state index in [0.717, 1.165) is 5.56 Å². The van der Waals surface area contributed by atoms with Gasteiger partial charge in [-0.1, -0.05) is 51.1 Å². The van der Waals surface area contributed by atoms with Gasteiger partial charge < -0.3 is 28.6 Å². The van der Waals surface area contributed by atoms with Gasteiger partial charge in [0.15, 0.2) is 11.4 Å². The average Bonchev–Trinajstić information content (AvgIpc) is 3.18. The first kappa shape index (κ1) is 23.5. The quantitative estimate of drug-likeness (QED) is 0.667. The molecular formula is C25H31NO7. The number of aliphatic hydroxyl groups is 1. The molecule has 4 rings (SSSR count). The standard InChI is InChI=1S/C25H31NO7/c1-5-24(29,22(28)30-4)18-13-19-25(32-15-23(2,3)16-33-25)11-12-26(19)21(27)20(18)31-14-17-9-7-6-8-10-17/h6-10,13,29H,5,11-12,14-16H2,1-4H3/t24-/m1/s1. The molecule has 8 nitrogen and oxygen atoms in total. The van der Waals surface area contributed by atoms with Crippen molar-refractivity contribution in [3.8, 4) is 5.75 Å². The van der Waals surface area contributed by atoms with Crippen LogP contribution in [0, 0.1) is 5.41 Å². The monoisotopic (exact) mass is 457 g/mol. The molecule has 1 saturated heterocycles. The third kappa shape index (κ3) is 4.07. The lowest BCUT2D eigenvalue weighted by molar-refractivity contribution is -0.306. The number of methoxy groups -OCH3 is 1. The largest absolute Gasteiger partial charge is 0.483 e. The minimum Gasteiger partial charge on any atom is -0.483 e. The van der Waals surface area contributed by atoms with E-state index in [1.54, 1.807) is 17.6 Å². The number of carbonyl (C=O) groups is 1. The lowest BCUT2D eigenvalue weighted by Gasteiger charge is -2.41. The summed E-state index contributed by atoms with van der Waals surface area (Å²) in [4.78, 5) is 26.3. The van der Waals surface area contributed by atoms with Crippen LogP contribution >= 0.6 is 0 Å². The Morgan fingerprint density at radius 2 is 1.88 bits per heavy atom. The molecule has 0 unspecified atom stereocenters.